The van der Waals surface area contributed by atoms with Crippen molar-refractivity contribution in [1.29, 1.82) is 0 Å². The third-order valence-corrected chi connectivity index (χ3v) is 3.70. The molecule has 1 N–H and O–H groups in total. The Kier molecular flexibility index (Phi) is 5.87. The maximum Gasteiger partial charge on any atom is 0.104 e. The van der Waals surface area contributed by atoms with Crippen LogP contribution >= 0.6 is 0 Å². The number of hydrogen-bond donors (Lipinski definition) is 1. The lowest BCUT2D eigenvalue weighted by Crippen LogP contribution is -2.26. The van der Waals surface area contributed by atoms with Gasteiger partial charge in [0.05, 0.1) is 6.26 Å². The fourth-order valence-corrected chi connectivity index (χ4v) is 2.56. The van der Waals surface area contributed by atoms with E-state index in [0.717, 1.165) is 31.7 Å². The highest BCUT2D eigenvalue weighted by molar-refractivity contribution is 5.26. The van der Waals surface area contributed by atoms with Gasteiger partial charge in [-0.3, -0.25) is 0 Å². The van der Waals surface area contributed by atoms with Crippen LogP contribution in [0.1, 0.15) is 30.2 Å². The van der Waals surface area contributed by atoms with Gasteiger partial charge in [0.15, 0.2) is 0 Å². The van der Waals surface area contributed by atoms with Crippen molar-refractivity contribution < 1.29 is 4.42 Å². The summed E-state index contributed by atoms with van der Waals surface area (Å²) in [5.41, 5.74) is 2.83. The summed E-state index contributed by atoms with van der Waals surface area (Å²) in [5.74, 6) is 1.66. The molecule has 2 rings (SSSR count). The van der Waals surface area contributed by atoms with Crippen LogP contribution in [0.3, 0.4) is 0 Å². The number of benzene rings is 1. The van der Waals surface area contributed by atoms with Gasteiger partial charge in [-0.1, -0.05) is 31.2 Å². The Hall–Kier alpha value is -1.54. The first-order valence-electron chi connectivity index (χ1n) is 7.57. The number of aryl methyl sites for hydroxylation is 1. The third-order valence-electron chi connectivity index (χ3n) is 3.70. The van der Waals surface area contributed by atoms with Gasteiger partial charge in [-0.25, -0.2) is 0 Å². The SMILES string of the molecule is CCCNCC(Cc1ccco1)Cc1ccccc1C. The van der Waals surface area contributed by atoms with E-state index in [0.29, 0.717) is 5.92 Å². The first-order valence-corrected chi connectivity index (χ1v) is 7.57. The molecule has 0 radical (unpaired) electrons. The van der Waals surface area contributed by atoms with Crippen molar-refractivity contribution in [3.05, 3.63) is 59.5 Å². The molecule has 0 aliphatic rings. The highest BCUT2D eigenvalue weighted by Crippen LogP contribution is 2.17. The lowest BCUT2D eigenvalue weighted by molar-refractivity contribution is 0.415. The summed E-state index contributed by atoms with van der Waals surface area (Å²) in [6, 6.07) is 12.7. The van der Waals surface area contributed by atoms with E-state index in [1.165, 1.54) is 17.5 Å². The van der Waals surface area contributed by atoms with E-state index >= 15 is 0 Å². The lowest BCUT2D eigenvalue weighted by atomic mass is 9.92. The number of nitrogens with one attached hydrogen (secondary N) is 1. The van der Waals surface area contributed by atoms with E-state index in [1.54, 1.807) is 6.26 Å². The third kappa shape index (κ3) is 4.53. The van der Waals surface area contributed by atoms with E-state index in [2.05, 4.69) is 49.5 Å². The summed E-state index contributed by atoms with van der Waals surface area (Å²) in [5, 5.41) is 3.55. The summed E-state index contributed by atoms with van der Waals surface area (Å²) in [6.45, 7) is 6.53. The molecular weight excluding hydrogens is 246 g/mol. The predicted molar refractivity (Wildman–Crippen MR) is 83.9 cm³/mol. The zero-order valence-electron chi connectivity index (χ0n) is 12.6. The zero-order valence-corrected chi connectivity index (χ0v) is 12.6. The van der Waals surface area contributed by atoms with E-state index < -0.39 is 0 Å². The summed E-state index contributed by atoms with van der Waals surface area (Å²) in [4.78, 5) is 0. The van der Waals surface area contributed by atoms with E-state index in [9.17, 15) is 0 Å². The van der Waals surface area contributed by atoms with Gasteiger partial charge in [0, 0.05) is 6.42 Å². The van der Waals surface area contributed by atoms with Crippen molar-refractivity contribution in [3.8, 4) is 0 Å². The van der Waals surface area contributed by atoms with Gasteiger partial charge in [0.2, 0.25) is 0 Å². The van der Waals surface area contributed by atoms with Crippen LogP contribution in [0.25, 0.3) is 0 Å². The predicted octanol–water partition coefficient (Wildman–Crippen LogP) is 3.99. The van der Waals surface area contributed by atoms with E-state index in [4.69, 9.17) is 4.42 Å². The zero-order chi connectivity index (χ0) is 14.2. The van der Waals surface area contributed by atoms with E-state index in [-0.39, 0.29) is 0 Å². The molecule has 1 unspecified atom stereocenters. The van der Waals surface area contributed by atoms with Gasteiger partial charge >= 0.3 is 0 Å². The van der Waals surface area contributed by atoms with Crippen LogP contribution < -0.4 is 5.32 Å². The van der Waals surface area contributed by atoms with Gasteiger partial charge in [0.25, 0.3) is 0 Å². The molecule has 0 spiro atoms. The molecule has 2 heteroatoms. The number of rotatable bonds is 8. The number of furan rings is 1. The smallest absolute Gasteiger partial charge is 0.104 e. The Morgan fingerprint density at radius 2 is 1.95 bits per heavy atom. The molecule has 0 saturated carbocycles. The standard InChI is InChI=1S/C18H25NO/c1-3-10-19-14-16(13-18-9-6-11-20-18)12-17-8-5-4-7-15(17)2/h4-9,11,16,19H,3,10,12-14H2,1-2H3. The van der Waals surface area contributed by atoms with Crippen LogP contribution in [0.4, 0.5) is 0 Å². The van der Waals surface area contributed by atoms with Gasteiger partial charge in [-0.05, 0) is 62.0 Å². The average molecular weight is 271 g/mol. The molecular formula is C18H25NO. The van der Waals surface area contributed by atoms with Crippen molar-refractivity contribution in [1.82, 2.24) is 5.32 Å². The highest BCUT2D eigenvalue weighted by atomic mass is 16.3. The monoisotopic (exact) mass is 271 g/mol. The normalized spacial score (nSPS) is 12.5. The van der Waals surface area contributed by atoms with Crippen LogP contribution in [-0.2, 0) is 12.8 Å². The minimum absolute atomic E-state index is 0.578. The molecule has 1 aromatic carbocycles. The van der Waals surface area contributed by atoms with Crippen LogP contribution in [0.15, 0.2) is 47.1 Å². The lowest BCUT2D eigenvalue weighted by Gasteiger charge is -2.18. The molecule has 2 nitrogen and oxygen atoms in total. The molecule has 1 heterocycles. The van der Waals surface area contributed by atoms with Crippen LogP contribution in [0, 0.1) is 12.8 Å². The van der Waals surface area contributed by atoms with Gasteiger partial charge in [-0.2, -0.15) is 0 Å². The minimum Gasteiger partial charge on any atom is -0.469 e. The van der Waals surface area contributed by atoms with E-state index in [1.807, 2.05) is 6.07 Å². The highest BCUT2D eigenvalue weighted by Gasteiger charge is 2.13. The molecule has 20 heavy (non-hydrogen) atoms. The molecule has 0 saturated heterocycles. The second-order valence-electron chi connectivity index (χ2n) is 5.48. The maximum absolute atomic E-state index is 5.51. The Bertz CT molecular complexity index is 490. The molecule has 0 amide bonds. The van der Waals surface area contributed by atoms with Crippen LogP contribution in [0.2, 0.25) is 0 Å². The Morgan fingerprint density at radius 1 is 1.10 bits per heavy atom. The van der Waals surface area contributed by atoms with Crippen molar-refractivity contribution in [2.45, 2.75) is 33.1 Å². The molecule has 0 aliphatic heterocycles. The maximum atomic E-state index is 5.51. The van der Waals surface area contributed by atoms with Crippen molar-refractivity contribution in [2.24, 2.45) is 5.92 Å². The number of hydrogen-bond acceptors (Lipinski definition) is 2. The van der Waals surface area contributed by atoms with Gasteiger partial charge < -0.3 is 9.73 Å². The second-order valence-corrected chi connectivity index (χ2v) is 5.48. The molecule has 0 bridgehead atoms. The molecule has 0 fully saturated rings. The molecule has 0 aliphatic carbocycles. The summed E-state index contributed by atoms with van der Waals surface area (Å²) in [7, 11) is 0. The molecule has 2 aromatic rings. The van der Waals surface area contributed by atoms with Crippen molar-refractivity contribution in [2.75, 3.05) is 13.1 Å². The molecule has 1 aromatic heterocycles. The molecule has 108 valence electrons. The quantitative estimate of drug-likeness (QED) is 0.734. The fourth-order valence-electron chi connectivity index (χ4n) is 2.56. The summed E-state index contributed by atoms with van der Waals surface area (Å²) in [6.07, 6.45) is 5.04. The Balaban J connectivity index is 1.99. The summed E-state index contributed by atoms with van der Waals surface area (Å²) >= 11 is 0. The van der Waals surface area contributed by atoms with Crippen molar-refractivity contribution in [3.63, 3.8) is 0 Å². The Labute approximate surface area is 122 Å². The van der Waals surface area contributed by atoms with Crippen LogP contribution in [-0.4, -0.2) is 13.1 Å². The topological polar surface area (TPSA) is 25.2 Å². The Morgan fingerprint density at radius 3 is 2.65 bits per heavy atom. The summed E-state index contributed by atoms with van der Waals surface area (Å²) < 4.78 is 5.51. The first kappa shape index (κ1) is 14.9. The fraction of sp³-hybridized carbons (Fsp3) is 0.444. The first-order chi connectivity index (χ1) is 9.79. The van der Waals surface area contributed by atoms with Gasteiger partial charge in [0.1, 0.15) is 5.76 Å². The van der Waals surface area contributed by atoms with Crippen molar-refractivity contribution >= 4 is 0 Å². The largest absolute Gasteiger partial charge is 0.469 e. The van der Waals surface area contributed by atoms with Gasteiger partial charge in [-0.15, -0.1) is 0 Å². The van der Waals surface area contributed by atoms with Crippen LogP contribution in [0.5, 0.6) is 0 Å². The second kappa shape index (κ2) is 7.91. The average Bonchev–Trinajstić information content (AvgIpc) is 2.94. The minimum atomic E-state index is 0.578. The molecule has 1 atom stereocenters.